The van der Waals surface area contributed by atoms with Crippen LogP contribution in [0.1, 0.15) is 29.5 Å². The van der Waals surface area contributed by atoms with Crippen molar-refractivity contribution in [3.63, 3.8) is 0 Å². The summed E-state index contributed by atoms with van der Waals surface area (Å²) in [6.45, 7) is 4.88. The molecule has 0 bridgehead atoms. The van der Waals surface area contributed by atoms with E-state index in [1.807, 2.05) is 36.1 Å². The highest BCUT2D eigenvalue weighted by Crippen LogP contribution is 2.39. The lowest BCUT2D eigenvalue weighted by Crippen LogP contribution is -2.29. The fourth-order valence-corrected chi connectivity index (χ4v) is 3.05. The van der Waals surface area contributed by atoms with Crippen LogP contribution in [0, 0.1) is 6.92 Å². The number of likely N-dealkylation sites (N-methyl/N-ethyl adjacent to an activating group) is 1. The van der Waals surface area contributed by atoms with Crippen LogP contribution >= 0.6 is 0 Å². The van der Waals surface area contributed by atoms with E-state index in [-0.39, 0.29) is 11.8 Å². The molecule has 0 saturated carbocycles. The molecule has 0 aromatic heterocycles. The van der Waals surface area contributed by atoms with Gasteiger partial charge in [-0.1, -0.05) is 42.5 Å². The average molecular weight is 265 g/mol. The van der Waals surface area contributed by atoms with Crippen molar-refractivity contribution < 1.29 is 4.79 Å². The van der Waals surface area contributed by atoms with Gasteiger partial charge < -0.3 is 4.90 Å². The Labute approximate surface area is 120 Å². The highest BCUT2D eigenvalue weighted by atomic mass is 16.2. The quantitative estimate of drug-likeness (QED) is 0.829. The van der Waals surface area contributed by atoms with Gasteiger partial charge in [0, 0.05) is 12.2 Å². The van der Waals surface area contributed by atoms with Crippen LogP contribution in [0.4, 0.5) is 5.69 Å². The molecule has 1 amide bonds. The van der Waals surface area contributed by atoms with Gasteiger partial charge in [-0.05, 0) is 43.0 Å². The fraction of sp³-hybridized carbons (Fsp3) is 0.278. The van der Waals surface area contributed by atoms with E-state index in [0.29, 0.717) is 0 Å². The zero-order chi connectivity index (χ0) is 14.1. The van der Waals surface area contributed by atoms with Crippen molar-refractivity contribution in [2.24, 2.45) is 0 Å². The van der Waals surface area contributed by atoms with E-state index in [2.05, 4.69) is 31.2 Å². The first kappa shape index (κ1) is 12.9. The topological polar surface area (TPSA) is 20.3 Å². The van der Waals surface area contributed by atoms with Crippen molar-refractivity contribution in [2.75, 3.05) is 11.4 Å². The van der Waals surface area contributed by atoms with Crippen molar-refractivity contribution in [1.82, 2.24) is 0 Å². The number of anilines is 1. The number of aryl methyl sites for hydroxylation is 1. The summed E-state index contributed by atoms with van der Waals surface area (Å²) in [5.41, 5.74) is 4.77. The predicted octanol–water partition coefficient (Wildman–Crippen LogP) is 3.69. The van der Waals surface area contributed by atoms with Gasteiger partial charge in [-0.15, -0.1) is 0 Å². The average Bonchev–Trinajstić information content (AvgIpc) is 2.74. The molecule has 0 N–H and O–H groups in total. The number of carbonyl (C=O) groups excluding carboxylic acids is 1. The van der Waals surface area contributed by atoms with E-state index in [9.17, 15) is 4.79 Å². The first-order valence-corrected chi connectivity index (χ1v) is 7.17. The van der Waals surface area contributed by atoms with Gasteiger partial charge in [-0.3, -0.25) is 4.79 Å². The molecule has 2 aromatic carbocycles. The molecule has 1 aliphatic rings. The number of benzene rings is 2. The minimum atomic E-state index is -0.0350. The van der Waals surface area contributed by atoms with Crippen LogP contribution in [0.5, 0.6) is 0 Å². The van der Waals surface area contributed by atoms with Crippen LogP contribution in [0.2, 0.25) is 0 Å². The Morgan fingerprint density at radius 2 is 1.75 bits per heavy atom. The molecule has 1 unspecified atom stereocenters. The summed E-state index contributed by atoms with van der Waals surface area (Å²) in [7, 11) is 0. The number of carbonyl (C=O) groups is 1. The van der Waals surface area contributed by atoms with Gasteiger partial charge in [0.15, 0.2) is 0 Å². The normalized spacial score (nSPS) is 17.4. The second-order valence-electron chi connectivity index (χ2n) is 5.32. The Bertz CT molecular complexity index is 647. The maximum atomic E-state index is 12.6. The lowest BCUT2D eigenvalue weighted by molar-refractivity contribution is -0.119. The Balaban J connectivity index is 1.98. The van der Waals surface area contributed by atoms with E-state index in [0.717, 1.165) is 18.7 Å². The van der Waals surface area contributed by atoms with Crippen LogP contribution < -0.4 is 4.90 Å². The van der Waals surface area contributed by atoms with E-state index in [4.69, 9.17) is 0 Å². The number of para-hydroxylation sites is 1. The highest BCUT2D eigenvalue weighted by molar-refractivity contribution is 6.05. The maximum absolute atomic E-state index is 12.6. The molecule has 3 rings (SSSR count). The monoisotopic (exact) mass is 265 g/mol. The summed E-state index contributed by atoms with van der Waals surface area (Å²) in [6.07, 6.45) is 0.791. The molecule has 0 spiro atoms. The first-order chi connectivity index (χ1) is 9.72. The Morgan fingerprint density at radius 1 is 1.05 bits per heavy atom. The molecule has 2 heteroatoms. The molecule has 1 atom stereocenters. The van der Waals surface area contributed by atoms with Crippen LogP contribution in [-0.4, -0.2) is 12.5 Å². The fourth-order valence-electron chi connectivity index (χ4n) is 3.05. The van der Waals surface area contributed by atoms with Crippen molar-refractivity contribution in [1.29, 1.82) is 0 Å². The van der Waals surface area contributed by atoms with Crippen molar-refractivity contribution in [3.8, 4) is 0 Å². The number of hydrogen-bond donors (Lipinski definition) is 0. The van der Waals surface area contributed by atoms with Crippen molar-refractivity contribution >= 4 is 11.6 Å². The van der Waals surface area contributed by atoms with E-state index in [1.54, 1.807) is 0 Å². The summed E-state index contributed by atoms with van der Waals surface area (Å²) in [5.74, 6) is 0.198. The summed E-state index contributed by atoms with van der Waals surface area (Å²) in [5, 5.41) is 0. The molecular formula is C18H19NO. The van der Waals surface area contributed by atoms with Gasteiger partial charge in [0.05, 0.1) is 5.92 Å². The molecule has 0 aliphatic carbocycles. The summed E-state index contributed by atoms with van der Waals surface area (Å²) in [4.78, 5) is 14.5. The molecule has 20 heavy (non-hydrogen) atoms. The number of amides is 1. The summed E-state index contributed by atoms with van der Waals surface area (Å²) >= 11 is 0. The number of nitrogens with zero attached hydrogens (tertiary/aromatic N) is 1. The van der Waals surface area contributed by atoms with E-state index >= 15 is 0 Å². The first-order valence-electron chi connectivity index (χ1n) is 7.17. The van der Waals surface area contributed by atoms with Gasteiger partial charge >= 0.3 is 0 Å². The Hall–Kier alpha value is -2.09. The third-order valence-electron chi connectivity index (χ3n) is 4.17. The van der Waals surface area contributed by atoms with E-state index in [1.165, 1.54) is 16.7 Å². The molecule has 0 saturated heterocycles. The minimum absolute atomic E-state index is 0.0350. The highest BCUT2D eigenvalue weighted by Gasteiger charge is 2.36. The van der Waals surface area contributed by atoms with Gasteiger partial charge in [0.2, 0.25) is 5.91 Å². The number of fused-ring (bicyclic) bond motifs is 1. The smallest absolute Gasteiger partial charge is 0.234 e. The largest absolute Gasteiger partial charge is 0.312 e. The maximum Gasteiger partial charge on any atom is 0.234 e. The lowest BCUT2D eigenvalue weighted by atomic mass is 9.91. The van der Waals surface area contributed by atoms with Crippen molar-refractivity contribution in [3.05, 3.63) is 65.2 Å². The number of hydrogen-bond acceptors (Lipinski definition) is 1. The third kappa shape index (κ3) is 2.01. The van der Waals surface area contributed by atoms with Gasteiger partial charge in [0.1, 0.15) is 0 Å². The van der Waals surface area contributed by atoms with Crippen LogP contribution in [0.25, 0.3) is 0 Å². The van der Waals surface area contributed by atoms with E-state index < -0.39 is 0 Å². The molecule has 0 radical (unpaired) electrons. The van der Waals surface area contributed by atoms with Gasteiger partial charge in [0.25, 0.3) is 0 Å². The second kappa shape index (κ2) is 5.12. The second-order valence-corrected chi connectivity index (χ2v) is 5.32. The SMILES string of the molecule is CCN1C(=O)C(Cc2ccccc2C)c2ccccc21. The molecule has 2 nitrogen and oxygen atoms in total. The number of rotatable bonds is 3. The summed E-state index contributed by atoms with van der Waals surface area (Å²) < 4.78 is 0. The molecule has 1 aliphatic heterocycles. The van der Waals surface area contributed by atoms with Gasteiger partial charge in [-0.25, -0.2) is 0 Å². The molecule has 2 aromatic rings. The lowest BCUT2D eigenvalue weighted by Gasteiger charge is -2.15. The third-order valence-corrected chi connectivity index (χ3v) is 4.17. The van der Waals surface area contributed by atoms with Crippen LogP contribution in [0.3, 0.4) is 0 Å². The Kier molecular flexibility index (Phi) is 3.31. The van der Waals surface area contributed by atoms with Crippen LogP contribution in [-0.2, 0) is 11.2 Å². The molecular weight excluding hydrogens is 246 g/mol. The van der Waals surface area contributed by atoms with Crippen molar-refractivity contribution in [2.45, 2.75) is 26.2 Å². The predicted molar refractivity (Wildman–Crippen MR) is 82.1 cm³/mol. The zero-order valence-corrected chi connectivity index (χ0v) is 12.0. The summed E-state index contributed by atoms with van der Waals surface area (Å²) in [6, 6.07) is 16.5. The Morgan fingerprint density at radius 3 is 2.50 bits per heavy atom. The molecule has 1 heterocycles. The standard InChI is InChI=1S/C18H19NO/c1-3-19-17-11-7-6-10-15(17)16(18(19)20)12-14-9-5-4-8-13(14)2/h4-11,16H,3,12H2,1-2H3. The molecule has 0 fully saturated rings. The minimum Gasteiger partial charge on any atom is -0.312 e. The van der Waals surface area contributed by atoms with Gasteiger partial charge in [-0.2, -0.15) is 0 Å². The zero-order valence-electron chi connectivity index (χ0n) is 12.0. The van der Waals surface area contributed by atoms with Crippen LogP contribution in [0.15, 0.2) is 48.5 Å². The molecule has 102 valence electrons.